The average molecular weight is 317 g/mol. The number of hydrogen-bond acceptors (Lipinski definition) is 4. The Morgan fingerprint density at radius 1 is 1.53 bits per heavy atom. The summed E-state index contributed by atoms with van der Waals surface area (Å²) in [7, 11) is 0. The zero-order valence-corrected chi connectivity index (χ0v) is 11.8. The molecule has 0 radical (unpaired) electrons. The number of thiophene rings is 1. The Balaban J connectivity index is 2.46. The third kappa shape index (κ3) is 5.28. The fraction of sp³-hybridized carbons (Fsp3) is 0.333. The molecule has 1 rings (SSSR count). The van der Waals surface area contributed by atoms with Crippen LogP contribution in [0, 0.1) is 0 Å². The first kappa shape index (κ1) is 14.1. The van der Waals surface area contributed by atoms with Gasteiger partial charge in [-0.1, -0.05) is 22.0 Å². The summed E-state index contributed by atoms with van der Waals surface area (Å²) in [6, 6.07) is 3.98. The third-order valence-electron chi connectivity index (χ3n) is 1.95. The van der Waals surface area contributed by atoms with Gasteiger partial charge < -0.3 is 4.74 Å². The number of hydrogen-bond donors (Lipinski definition) is 0. The Morgan fingerprint density at radius 2 is 2.29 bits per heavy atom. The van der Waals surface area contributed by atoms with Crippen LogP contribution in [-0.4, -0.2) is 23.7 Å². The third-order valence-corrected chi connectivity index (χ3v) is 3.50. The first-order chi connectivity index (χ1) is 8.13. The molecule has 17 heavy (non-hydrogen) atoms. The maximum Gasteiger partial charge on any atom is 0.313 e. The average Bonchev–Trinajstić information content (AvgIpc) is 2.76. The van der Waals surface area contributed by atoms with Crippen molar-refractivity contribution in [3.8, 4) is 0 Å². The van der Waals surface area contributed by atoms with E-state index in [1.807, 2.05) is 23.6 Å². The predicted molar refractivity (Wildman–Crippen MR) is 72.3 cm³/mol. The first-order valence-corrected chi connectivity index (χ1v) is 7.07. The minimum absolute atomic E-state index is 0.156. The Morgan fingerprint density at radius 3 is 2.82 bits per heavy atom. The number of allylic oxidation sites excluding steroid dienone is 1. The maximum absolute atomic E-state index is 11.1. The van der Waals surface area contributed by atoms with E-state index in [1.165, 1.54) is 6.92 Å². The molecule has 0 aromatic carbocycles. The van der Waals surface area contributed by atoms with E-state index in [4.69, 9.17) is 4.74 Å². The molecule has 0 atom stereocenters. The van der Waals surface area contributed by atoms with Crippen molar-refractivity contribution in [2.45, 2.75) is 13.3 Å². The minimum atomic E-state index is -0.478. The van der Waals surface area contributed by atoms with Crippen LogP contribution < -0.4 is 0 Å². The quantitative estimate of drug-likeness (QED) is 0.460. The highest BCUT2D eigenvalue weighted by Gasteiger charge is 2.06. The van der Waals surface area contributed by atoms with Crippen molar-refractivity contribution >= 4 is 44.6 Å². The summed E-state index contributed by atoms with van der Waals surface area (Å²) in [6.45, 7) is 1.57. The summed E-state index contributed by atoms with van der Waals surface area (Å²) in [5, 5.41) is 2.70. The monoisotopic (exact) mass is 316 g/mol. The van der Waals surface area contributed by atoms with Crippen molar-refractivity contribution in [3.05, 3.63) is 28.5 Å². The first-order valence-electron chi connectivity index (χ1n) is 5.07. The van der Waals surface area contributed by atoms with Crippen LogP contribution in [0.2, 0.25) is 0 Å². The molecular formula is C12H13BrO3S. The number of alkyl halides is 1. The maximum atomic E-state index is 11.1. The van der Waals surface area contributed by atoms with Gasteiger partial charge in [0, 0.05) is 10.2 Å². The van der Waals surface area contributed by atoms with E-state index in [1.54, 1.807) is 11.3 Å². The van der Waals surface area contributed by atoms with Crippen LogP contribution >= 0.6 is 27.3 Å². The van der Waals surface area contributed by atoms with Crippen LogP contribution in [0.25, 0.3) is 5.57 Å². The van der Waals surface area contributed by atoms with Gasteiger partial charge in [0.05, 0.1) is 0 Å². The molecule has 0 unspecified atom stereocenters. The molecule has 0 spiro atoms. The molecule has 1 heterocycles. The van der Waals surface area contributed by atoms with Crippen molar-refractivity contribution in [2.24, 2.45) is 0 Å². The summed E-state index contributed by atoms with van der Waals surface area (Å²) in [4.78, 5) is 22.9. The number of ether oxygens (including phenoxy) is 1. The molecule has 1 aromatic rings. The topological polar surface area (TPSA) is 43.4 Å². The van der Waals surface area contributed by atoms with Crippen LogP contribution in [-0.2, 0) is 14.3 Å². The van der Waals surface area contributed by atoms with Crippen molar-refractivity contribution in [1.82, 2.24) is 0 Å². The fourth-order valence-corrected chi connectivity index (χ4v) is 2.66. The molecule has 0 fully saturated rings. The van der Waals surface area contributed by atoms with Gasteiger partial charge in [-0.15, -0.1) is 11.3 Å². The number of rotatable bonds is 6. The fourth-order valence-electron chi connectivity index (χ4n) is 1.17. The molecular weight excluding hydrogens is 304 g/mol. The normalized spacial score (nSPS) is 11.3. The number of esters is 1. The summed E-state index contributed by atoms with van der Waals surface area (Å²) in [5.74, 6) is -0.660. The van der Waals surface area contributed by atoms with Crippen molar-refractivity contribution in [1.29, 1.82) is 0 Å². The van der Waals surface area contributed by atoms with Gasteiger partial charge in [0.2, 0.25) is 0 Å². The number of halogens is 1. The number of carbonyl (C=O) groups is 2. The lowest BCUT2D eigenvalue weighted by molar-refractivity contribution is -0.144. The molecule has 0 amide bonds. The van der Waals surface area contributed by atoms with Gasteiger partial charge in [-0.2, -0.15) is 0 Å². The molecule has 92 valence electrons. The van der Waals surface area contributed by atoms with Crippen molar-refractivity contribution in [2.75, 3.05) is 11.9 Å². The van der Waals surface area contributed by atoms with Gasteiger partial charge in [-0.3, -0.25) is 9.59 Å². The van der Waals surface area contributed by atoms with Crippen LogP contribution in [0.3, 0.4) is 0 Å². The Bertz CT molecular complexity index is 409. The molecule has 5 heteroatoms. The van der Waals surface area contributed by atoms with E-state index in [0.29, 0.717) is 5.33 Å². The second-order valence-corrected chi connectivity index (χ2v) is 4.91. The number of ketones is 1. The molecule has 0 aliphatic heterocycles. The summed E-state index contributed by atoms with van der Waals surface area (Å²) in [5.41, 5.74) is 1.08. The molecule has 3 nitrogen and oxygen atoms in total. The van der Waals surface area contributed by atoms with E-state index in [2.05, 4.69) is 15.9 Å². The number of Topliss-reactive ketones (excluding diaryl/α,β-unsaturated/α-hetero) is 1. The molecule has 0 bridgehead atoms. The van der Waals surface area contributed by atoms with E-state index in [-0.39, 0.29) is 18.8 Å². The minimum Gasteiger partial charge on any atom is -0.461 e. The molecule has 0 saturated heterocycles. The smallest absolute Gasteiger partial charge is 0.313 e. The lowest BCUT2D eigenvalue weighted by atomic mass is 10.2. The molecule has 0 aliphatic carbocycles. The Hall–Kier alpha value is -0.940. The van der Waals surface area contributed by atoms with Gasteiger partial charge in [0.25, 0.3) is 0 Å². The summed E-state index contributed by atoms with van der Waals surface area (Å²) < 4.78 is 4.93. The van der Waals surface area contributed by atoms with E-state index >= 15 is 0 Å². The molecule has 0 aliphatic rings. The largest absolute Gasteiger partial charge is 0.461 e. The predicted octanol–water partition coefficient (Wildman–Crippen LogP) is 3.05. The highest BCUT2D eigenvalue weighted by Crippen LogP contribution is 2.21. The highest BCUT2D eigenvalue weighted by atomic mass is 79.9. The second-order valence-electron chi connectivity index (χ2n) is 3.40. The van der Waals surface area contributed by atoms with E-state index in [0.717, 1.165) is 10.5 Å². The lowest BCUT2D eigenvalue weighted by Gasteiger charge is -2.02. The molecule has 1 aromatic heterocycles. The Kier molecular flexibility index (Phi) is 6.15. The second kappa shape index (κ2) is 7.40. The van der Waals surface area contributed by atoms with Crippen LogP contribution in [0.5, 0.6) is 0 Å². The van der Waals surface area contributed by atoms with Crippen molar-refractivity contribution < 1.29 is 14.3 Å². The SMILES string of the molecule is CC(=O)CC(=O)OCC=C(CBr)c1cccs1. The zero-order valence-electron chi connectivity index (χ0n) is 9.44. The van der Waals surface area contributed by atoms with Gasteiger partial charge in [-0.05, 0) is 30.0 Å². The van der Waals surface area contributed by atoms with Crippen molar-refractivity contribution in [3.63, 3.8) is 0 Å². The molecule has 0 saturated carbocycles. The highest BCUT2D eigenvalue weighted by molar-refractivity contribution is 9.09. The van der Waals surface area contributed by atoms with Gasteiger partial charge in [-0.25, -0.2) is 0 Å². The lowest BCUT2D eigenvalue weighted by Crippen LogP contribution is -2.09. The summed E-state index contributed by atoms with van der Waals surface area (Å²) in [6.07, 6.45) is 1.69. The van der Waals surface area contributed by atoms with E-state index < -0.39 is 5.97 Å². The van der Waals surface area contributed by atoms with Crippen LogP contribution in [0.1, 0.15) is 18.2 Å². The molecule has 0 N–H and O–H groups in total. The standard InChI is InChI=1S/C12H13BrO3S/c1-9(14)7-12(15)16-5-4-10(8-13)11-3-2-6-17-11/h2-4,6H,5,7-8H2,1H3. The Labute approximate surface area is 113 Å². The van der Waals surface area contributed by atoms with Crippen LogP contribution in [0.4, 0.5) is 0 Å². The zero-order chi connectivity index (χ0) is 12.7. The number of carbonyl (C=O) groups excluding carboxylic acids is 2. The van der Waals surface area contributed by atoms with E-state index in [9.17, 15) is 9.59 Å². The van der Waals surface area contributed by atoms with Gasteiger partial charge in [0.1, 0.15) is 18.8 Å². The van der Waals surface area contributed by atoms with Gasteiger partial charge >= 0.3 is 5.97 Å². The summed E-state index contributed by atoms with van der Waals surface area (Å²) >= 11 is 5.02. The van der Waals surface area contributed by atoms with Crippen LogP contribution in [0.15, 0.2) is 23.6 Å². The van der Waals surface area contributed by atoms with Gasteiger partial charge in [0.15, 0.2) is 0 Å².